The number of benzene rings is 5. The lowest BCUT2D eigenvalue weighted by molar-refractivity contribution is 1.69. The molecule has 0 aliphatic rings. The summed E-state index contributed by atoms with van der Waals surface area (Å²) in [6, 6.07) is 33.6. The van der Waals surface area contributed by atoms with Gasteiger partial charge in [0.25, 0.3) is 0 Å². The van der Waals surface area contributed by atoms with Crippen molar-refractivity contribution in [1.82, 2.24) is 0 Å². The van der Waals surface area contributed by atoms with Gasteiger partial charge in [0, 0.05) is 5.69 Å². The summed E-state index contributed by atoms with van der Waals surface area (Å²) >= 11 is 0. The van der Waals surface area contributed by atoms with Gasteiger partial charge in [-0.3, -0.25) is 0 Å². The molecule has 0 radical (unpaired) electrons. The van der Waals surface area contributed by atoms with E-state index >= 15 is 0 Å². The molecule has 0 atom stereocenters. The van der Waals surface area contributed by atoms with Crippen LogP contribution in [0.3, 0.4) is 0 Å². The molecule has 0 unspecified atom stereocenters. The number of nitrogens with two attached hydrogens (primary N) is 1. The van der Waals surface area contributed by atoms with E-state index in [4.69, 9.17) is 5.73 Å². The van der Waals surface area contributed by atoms with Gasteiger partial charge in [-0.1, -0.05) is 78.3 Å². The first-order valence-corrected chi connectivity index (χ1v) is 8.84. The highest BCUT2D eigenvalue weighted by molar-refractivity contribution is 6.41. The lowest BCUT2D eigenvalue weighted by atomic mass is 9.87. The van der Waals surface area contributed by atoms with Crippen molar-refractivity contribution in [3.05, 3.63) is 97.1 Å². The van der Waals surface area contributed by atoms with E-state index in [9.17, 15) is 0 Å². The Morgan fingerprint density at radius 2 is 1.15 bits per heavy atom. The van der Waals surface area contributed by atoms with Crippen LogP contribution >= 0.6 is 0 Å². The highest BCUT2D eigenvalue weighted by Gasteiger charge is 2.04. The minimum Gasteiger partial charge on any atom is -0.399 e. The Bertz CT molecular complexity index is 1200. The van der Waals surface area contributed by atoms with Crippen LogP contribution in [0.5, 0.6) is 0 Å². The summed E-state index contributed by atoms with van der Waals surface area (Å²) in [5.74, 6) is 0. The largest absolute Gasteiger partial charge is 0.399 e. The van der Waals surface area contributed by atoms with E-state index in [1.807, 2.05) is 30.3 Å². The fourth-order valence-electron chi connectivity index (χ4n) is 3.44. The normalized spacial score (nSPS) is 10.6. The monoisotopic (exact) mass is 333 g/mol. The second kappa shape index (κ2) is 6.93. The standard InChI is InChI=1S/C18H13B.C6H7N/c19-17-7-3-6-12-8-9-15-10-13-4-1-2-5-14(13)11-16(15)18(12)17;7-6-4-2-1-3-5-6/h1-11H,19H2;1-5H,7H2. The molecule has 5 rings (SSSR count). The fourth-order valence-corrected chi connectivity index (χ4v) is 3.44. The Morgan fingerprint density at radius 1 is 0.538 bits per heavy atom. The van der Waals surface area contributed by atoms with Gasteiger partial charge in [0.05, 0.1) is 0 Å². The van der Waals surface area contributed by atoms with Gasteiger partial charge in [-0.2, -0.15) is 0 Å². The van der Waals surface area contributed by atoms with E-state index in [0.717, 1.165) is 5.69 Å². The van der Waals surface area contributed by atoms with Gasteiger partial charge in [0.15, 0.2) is 0 Å². The smallest absolute Gasteiger partial charge is 0.140 e. The minimum atomic E-state index is 0.822. The summed E-state index contributed by atoms with van der Waals surface area (Å²) < 4.78 is 0. The number of rotatable bonds is 0. The fraction of sp³-hybridized carbons (Fsp3) is 0. The van der Waals surface area contributed by atoms with Crippen LogP contribution in [-0.4, -0.2) is 7.85 Å². The van der Waals surface area contributed by atoms with E-state index in [-0.39, 0.29) is 0 Å². The molecule has 5 aromatic rings. The second-order valence-electron chi connectivity index (χ2n) is 6.57. The van der Waals surface area contributed by atoms with Crippen LogP contribution in [0.2, 0.25) is 0 Å². The molecule has 0 bridgehead atoms. The number of fused-ring (bicyclic) bond motifs is 4. The van der Waals surface area contributed by atoms with E-state index in [1.54, 1.807) is 0 Å². The third-order valence-electron chi connectivity index (χ3n) is 4.73. The molecule has 0 amide bonds. The van der Waals surface area contributed by atoms with Crippen LogP contribution in [0.4, 0.5) is 5.69 Å². The third-order valence-corrected chi connectivity index (χ3v) is 4.73. The molecular weight excluding hydrogens is 313 g/mol. The zero-order chi connectivity index (χ0) is 17.9. The molecule has 1 nitrogen and oxygen atoms in total. The van der Waals surface area contributed by atoms with E-state index in [2.05, 4.69) is 74.6 Å². The van der Waals surface area contributed by atoms with Gasteiger partial charge < -0.3 is 5.73 Å². The number of hydrogen-bond donors (Lipinski definition) is 1. The first kappa shape index (κ1) is 16.2. The lowest BCUT2D eigenvalue weighted by Crippen LogP contribution is -2.03. The van der Waals surface area contributed by atoms with Crippen molar-refractivity contribution in [2.75, 3.05) is 5.73 Å². The van der Waals surface area contributed by atoms with Crippen molar-refractivity contribution in [3.63, 3.8) is 0 Å². The van der Waals surface area contributed by atoms with E-state index in [0.29, 0.717) is 0 Å². The molecule has 0 saturated carbocycles. The maximum Gasteiger partial charge on any atom is 0.140 e. The Hall–Kier alpha value is -3.26. The average Bonchev–Trinajstić information content (AvgIpc) is 2.67. The van der Waals surface area contributed by atoms with Gasteiger partial charge in [-0.15, -0.1) is 0 Å². The summed E-state index contributed by atoms with van der Waals surface area (Å²) in [6.45, 7) is 0. The molecule has 0 aromatic heterocycles. The minimum absolute atomic E-state index is 0.822. The first-order chi connectivity index (χ1) is 12.7. The molecular formula is C24H20BN. The van der Waals surface area contributed by atoms with Crippen LogP contribution < -0.4 is 11.2 Å². The summed E-state index contributed by atoms with van der Waals surface area (Å²) in [4.78, 5) is 0. The van der Waals surface area contributed by atoms with Crippen molar-refractivity contribution in [2.45, 2.75) is 0 Å². The van der Waals surface area contributed by atoms with Crippen LogP contribution in [0.25, 0.3) is 32.3 Å². The molecule has 124 valence electrons. The first-order valence-electron chi connectivity index (χ1n) is 8.84. The zero-order valence-electron chi connectivity index (χ0n) is 14.8. The van der Waals surface area contributed by atoms with Crippen molar-refractivity contribution >= 4 is 51.3 Å². The van der Waals surface area contributed by atoms with Crippen molar-refractivity contribution in [2.24, 2.45) is 0 Å². The Morgan fingerprint density at radius 3 is 1.85 bits per heavy atom. The van der Waals surface area contributed by atoms with E-state index < -0.39 is 0 Å². The topological polar surface area (TPSA) is 26.0 Å². The predicted molar refractivity (Wildman–Crippen MR) is 118 cm³/mol. The van der Waals surface area contributed by atoms with Gasteiger partial charge >= 0.3 is 0 Å². The second-order valence-corrected chi connectivity index (χ2v) is 6.57. The maximum atomic E-state index is 5.36. The maximum absolute atomic E-state index is 5.36. The van der Waals surface area contributed by atoms with Crippen molar-refractivity contribution < 1.29 is 0 Å². The highest BCUT2D eigenvalue weighted by atomic mass is 14.5. The zero-order valence-corrected chi connectivity index (χ0v) is 14.8. The molecule has 2 heteroatoms. The molecule has 0 fully saturated rings. The number of para-hydroxylation sites is 1. The molecule has 5 aromatic carbocycles. The van der Waals surface area contributed by atoms with Gasteiger partial charge in [-0.25, -0.2) is 0 Å². The summed E-state index contributed by atoms with van der Waals surface area (Å²) in [5, 5.41) is 8.00. The van der Waals surface area contributed by atoms with Crippen LogP contribution in [-0.2, 0) is 0 Å². The van der Waals surface area contributed by atoms with E-state index in [1.165, 1.54) is 37.8 Å². The van der Waals surface area contributed by atoms with Gasteiger partial charge in [-0.05, 0) is 56.6 Å². The SMILES string of the molecule is Bc1cccc2ccc3cc4ccccc4cc3c12.Nc1ccccc1. The summed E-state index contributed by atoms with van der Waals surface area (Å²) in [7, 11) is 2.19. The van der Waals surface area contributed by atoms with Crippen LogP contribution in [0.15, 0.2) is 97.1 Å². The van der Waals surface area contributed by atoms with Crippen LogP contribution in [0, 0.1) is 0 Å². The lowest BCUT2D eigenvalue weighted by Gasteiger charge is -2.08. The predicted octanol–water partition coefficient (Wildman–Crippen LogP) is 4.67. The quantitative estimate of drug-likeness (QED) is 0.189. The molecule has 26 heavy (non-hydrogen) atoms. The third kappa shape index (κ3) is 3.14. The molecule has 0 saturated heterocycles. The Balaban J connectivity index is 0.000000204. The number of nitrogen functional groups attached to an aromatic ring is 1. The number of hydrogen-bond acceptors (Lipinski definition) is 1. The number of anilines is 1. The van der Waals surface area contributed by atoms with Crippen molar-refractivity contribution in [3.8, 4) is 0 Å². The molecule has 0 heterocycles. The van der Waals surface area contributed by atoms with Gasteiger partial charge in [0.2, 0.25) is 0 Å². The highest BCUT2D eigenvalue weighted by Crippen LogP contribution is 2.28. The molecule has 0 aliphatic carbocycles. The molecule has 0 spiro atoms. The average molecular weight is 333 g/mol. The van der Waals surface area contributed by atoms with Gasteiger partial charge in [0.1, 0.15) is 7.85 Å². The molecule has 0 aliphatic heterocycles. The summed E-state index contributed by atoms with van der Waals surface area (Å²) in [5.41, 5.74) is 7.53. The summed E-state index contributed by atoms with van der Waals surface area (Å²) in [6.07, 6.45) is 0. The Labute approximate surface area is 154 Å². The van der Waals surface area contributed by atoms with Crippen molar-refractivity contribution in [1.29, 1.82) is 0 Å². The Kier molecular flexibility index (Phi) is 4.33. The molecule has 2 N–H and O–H groups in total. The van der Waals surface area contributed by atoms with Crippen LogP contribution in [0.1, 0.15) is 0 Å².